The number of carbonyl (C=O) groups excluding carboxylic acids is 1. The lowest BCUT2D eigenvalue weighted by Crippen LogP contribution is -2.45. The fourth-order valence-corrected chi connectivity index (χ4v) is 4.38. The van der Waals surface area contributed by atoms with Crippen molar-refractivity contribution in [3.05, 3.63) is 57.0 Å². The van der Waals surface area contributed by atoms with Crippen molar-refractivity contribution in [1.82, 2.24) is 0 Å². The molecular weight excluding hydrogens is 419 g/mol. The van der Waals surface area contributed by atoms with Gasteiger partial charge in [0.2, 0.25) is 15.9 Å². The minimum atomic E-state index is -3.77. The first-order valence-corrected chi connectivity index (χ1v) is 10.5. The molecule has 9 heteroatoms. The van der Waals surface area contributed by atoms with E-state index in [2.05, 4.69) is 5.32 Å². The average molecular weight is 436 g/mol. The van der Waals surface area contributed by atoms with Crippen LogP contribution in [0.3, 0.4) is 0 Å². The van der Waals surface area contributed by atoms with Gasteiger partial charge in [-0.25, -0.2) is 8.42 Å². The lowest BCUT2D eigenvalue weighted by molar-refractivity contribution is -0.116. The molecule has 5 nitrogen and oxygen atoms in total. The zero-order valence-corrected chi connectivity index (χ0v) is 17.3. The third-order valence-corrected chi connectivity index (χ3v) is 5.55. The van der Waals surface area contributed by atoms with Crippen LogP contribution in [0.4, 0.5) is 11.4 Å². The molecule has 0 saturated carbocycles. The van der Waals surface area contributed by atoms with Crippen molar-refractivity contribution in [3.63, 3.8) is 0 Å². The summed E-state index contributed by atoms with van der Waals surface area (Å²) in [6.45, 7) is 3.27. The van der Waals surface area contributed by atoms with Crippen LogP contribution in [-0.4, -0.2) is 26.6 Å². The second-order valence-corrected chi connectivity index (χ2v) is 8.98. The third kappa shape index (κ3) is 5.04. The number of halogens is 3. The zero-order chi connectivity index (χ0) is 19.6. The van der Waals surface area contributed by atoms with E-state index >= 15 is 0 Å². The van der Waals surface area contributed by atoms with Gasteiger partial charge in [0.05, 0.1) is 11.9 Å². The van der Waals surface area contributed by atoms with Crippen molar-refractivity contribution in [3.8, 4) is 0 Å². The maximum atomic E-state index is 12.7. The molecule has 0 bridgehead atoms. The summed E-state index contributed by atoms with van der Waals surface area (Å²) < 4.78 is 25.6. The molecule has 0 saturated heterocycles. The van der Waals surface area contributed by atoms with E-state index < -0.39 is 22.0 Å². The van der Waals surface area contributed by atoms with Gasteiger partial charge >= 0.3 is 0 Å². The number of anilines is 2. The number of amides is 1. The van der Waals surface area contributed by atoms with Gasteiger partial charge in [-0.3, -0.25) is 9.10 Å². The van der Waals surface area contributed by atoms with Gasteiger partial charge in [-0.05, 0) is 55.8 Å². The van der Waals surface area contributed by atoms with Crippen molar-refractivity contribution in [2.24, 2.45) is 0 Å². The number of benzene rings is 2. The summed E-state index contributed by atoms with van der Waals surface area (Å²) in [4.78, 5) is 12.7. The number of rotatable bonds is 5. The van der Waals surface area contributed by atoms with Gasteiger partial charge in [0.15, 0.2) is 0 Å². The Morgan fingerprint density at radius 3 is 2.12 bits per heavy atom. The van der Waals surface area contributed by atoms with Crippen LogP contribution in [0.15, 0.2) is 36.4 Å². The molecule has 0 radical (unpaired) electrons. The molecule has 0 spiro atoms. The predicted octanol–water partition coefficient (Wildman–Crippen LogP) is 4.75. The molecule has 2 rings (SSSR count). The number of carbonyl (C=O) groups is 1. The van der Waals surface area contributed by atoms with Crippen LogP contribution in [0.25, 0.3) is 0 Å². The average Bonchev–Trinajstić information content (AvgIpc) is 2.47. The Labute approximate surface area is 167 Å². The fraction of sp³-hybridized carbons (Fsp3) is 0.235. The molecule has 0 aliphatic heterocycles. The Kier molecular flexibility index (Phi) is 6.45. The minimum Gasteiger partial charge on any atom is -0.324 e. The van der Waals surface area contributed by atoms with E-state index in [9.17, 15) is 13.2 Å². The van der Waals surface area contributed by atoms with Crippen molar-refractivity contribution in [2.45, 2.75) is 19.9 Å². The number of hydrogen-bond donors (Lipinski definition) is 1. The van der Waals surface area contributed by atoms with E-state index in [1.165, 1.54) is 25.1 Å². The van der Waals surface area contributed by atoms with Crippen molar-refractivity contribution in [2.75, 3.05) is 15.9 Å². The third-order valence-electron chi connectivity index (χ3n) is 3.64. The Bertz CT molecular complexity index is 928. The monoisotopic (exact) mass is 434 g/mol. The molecule has 0 aliphatic rings. The molecule has 0 unspecified atom stereocenters. The molecule has 1 N–H and O–H groups in total. The maximum absolute atomic E-state index is 12.7. The van der Waals surface area contributed by atoms with E-state index in [-0.39, 0.29) is 15.7 Å². The van der Waals surface area contributed by atoms with Gasteiger partial charge in [-0.1, -0.05) is 34.8 Å². The Morgan fingerprint density at radius 1 is 1.04 bits per heavy atom. The van der Waals surface area contributed by atoms with Crippen molar-refractivity contribution in [1.29, 1.82) is 0 Å². The summed E-state index contributed by atoms with van der Waals surface area (Å²) in [5.74, 6) is -0.503. The van der Waals surface area contributed by atoms with Gasteiger partial charge in [0.1, 0.15) is 6.04 Å². The molecule has 0 heterocycles. The van der Waals surface area contributed by atoms with Crippen LogP contribution in [-0.2, 0) is 14.8 Å². The Hall–Kier alpha value is -1.47. The van der Waals surface area contributed by atoms with Gasteiger partial charge < -0.3 is 5.32 Å². The van der Waals surface area contributed by atoms with Crippen LogP contribution >= 0.6 is 34.8 Å². The fourth-order valence-electron chi connectivity index (χ4n) is 2.48. The lowest BCUT2D eigenvalue weighted by atomic mass is 10.2. The zero-order valence-electron chi connectivity index (χ0n) is 14.3. The normalized spacial score (nSPS) is 12.5. The van der Waals surface area contributed by atoms with E-state index in [1.54, 1.807) is 25.1 Å². The minimum absolute atomic E-state index is 0.209. The molecule has 26 heavy (non-hydrogen) atoms. The molecule has 0 aliphatic carbocycles. The van der Waals surface area contributed by atoms with E-state index in [0.29, 0.717) is 10.7 Å². The molecule has 1 atom stereocenters. The summed E-state index contributed by atoms with van der Waals surface area (Å²) in [7, 11) is -3.77. The predicted molar refractivity (Wildman–Crippen MR) is 108 cm³/mol. The second-order valence-electron chi connectivity index (χ2n) is 5.81. The number of sulfonamides is 1. The summed E-state index contributed by atoms with van der Waals surface area (Å²) in [5, 5.41) is 3.79. The van der Waals surface area contributed by atoms with E-state index in [0.717, 1.165) is 16.1 Å². The van der Waals surface area contributed by atoms with Crippen LogP contribution < -0.4 is 9.62 Å². The van der Waals surface area contributed by atoms with Crippen molar-refractivity contribution < 1.29 is 13.2 Å². The highest BCUT2D eigenvalue weighted by Gasteiger charge is 2.29. The molecule has 140 valence electrons. The molecule has 0 aromatic heterocycles. The van der Waals surface area contributed by atoms with Crippen LogP contribution in [0.2, 0.25) is 15.1 Å². The topological polar surface area (TPSA) is 66.5 Å². The van der Waals surface area contributed by atoms with Crippen molar-refractivity contribution >= 4 is 62.1 Å². The van der Waals surface area contributed by atoms with Gasteiger partial charge in [0.25, 0.3) is 0 Å². The summed E-state index contributed by atoms with van der Waals surface area (Å²) in [6, 6.07) is 8.32. The molecule has 0 fully saturated rings. The summed E-state index contributed by atoms with van der Waals surface area (Å²) >= 11 is 17.9. The van der Waals surface area contributed by atoms with Crippen LogP contribution in [0.1, 0.15) is 12.5 Å². The first kappa shape index (κ1) is 20.8. The van der Waals surface area contributed by atoms with Crippen LogP contribution in [0, 0.1) is 6.92 Å². The highest BCUT2D eigenvalue weighted by atomic mass is 35.5. The van der Waals surface area contributed by atoms with Gasteiger partial charge in [-0.2, -0.15) is 0 Å². The number of nitrogens with one attached hydrogen (secondary N) is 1. The molecule has 2 aromatic carbocycles. The first-order chi connectivity index (χ1) is 12.0. The summed E-state index contributed by atoms with van der Waals surface area (Å²) in [6.07, 6.45) is 1.01. The van der Waals surface area contributed by atoms with Gasteiger partial charge in [0, 0.05) is 20.8 Å². The highest BCUT2D eigenvalue weighted by Crippen LogP contribution is 2.29. The Morgan fingerprint density at radius 2 is 1.62 bits per heavy atom. The first-order valence-electron chi connectivity index (χ1n) is 7.51. The SMILES string of the molecule is Cc1cc(Cl)ccc1NC(=O)[C@H](C)N(c1cc(Cl)cc(Cl)c1)S(C)(=O)=O. The Balaban J connectivity index is 2.37. The second kappa shape index (κ2) is 8.05. The maximum Gasteiger partial charge on any atom is 0.248 e. The number of hydrogen-bond acceptors (Lipinski definition) is 3. The van der Waals surface area contributed by atoms with E-state index in [4.69, 9.17) is 34.8 Å². The smallest absolute Gasteiger partial charge is 0.248 e. The van der Waals surface area contributed by atoms with E-state index in [1.807, 2.05) is 0 Å². The lowest BCUT2D eigenvalue weighted by Gasteiger charge is -2.28. The van der Waals surface area contributed by atoms with Gasteiger partial charge in [-0.15, -0.1) is 0 Å². The quantitative estimate of drug-likeness (QED) is 0.737. The largest absolute Gasteiger partial charge is 0.324 e. The van der Waals surface area contributed by atoms with Crippen LogP contribution in [0.5, 0.6) is 0 Å². The molecule has 2 aromatic rings. The standard InChI is InChI=1S/C17H17Cl3N2O3S/c1-10-6-12(18)4-5-16(10)21-17(23)11(2)22(26(3,24)25)15-8-13(19)7-14(20)9-15/h4-9,11H,1-3H3,(H,21,23)/t11-/m0/s1. The number of nitrogens with zero attached hydrogens (tertiary/aromatic N) is 1. The molecule has 1 amide bonds. The number of aryl methyl sites for hydroxylation is 1. The highest BCUT2D eigenvalue weighted by molar-refractivity contribution is 7.92. The molecular formula is C17H17Cl3N2O3S. The summed E-state index contributed by atoms with van der Waals surface area (Å²) in [5.41, 5.74) is 1.51.